The Labute approximate surface area is 114 Å². The van der Waals surface area contributed by atoms with Gasteiger partial charge in [-0.25, -0.2) is 9.78 Å². The number of thioether (sulfide) groups is 1. The van der Waals surface area contributed by atoms with Gasteiger partial charge < -0.3 is 5.11 Å². The zero-order valence-electron chi connectivity index (χ0n) is 10.1. The molecule has 0 amide bonds. The van der Waals surface area contributed by atoms with Crippen LogP contribution in [0.15, 0.2) is 29.2 Å². The van der Waals surface area contributed by atoms with Crippen LogP contribution in [0.1, 0.15) is 25.9 Å². The third-order valence-corrected chi connectivity index (χ3v) is 4.99. The van der Waals surface area contributed by atoms with Crippen molar-refractivity contribution in [3.63, 3.8) is 0 Å². The Kier molecular flexibility index (Phi) is 4.04. The minimum Gasteiger partial charge on any atom is -0.477 e. The van der Waals surface area contributed by atoms with Gasteiger partial charge in [-0.1, -0.05) is 18.2 Å². The number of carboxylic acid groups (broad SMARTS) is 1. The van der Waals surface area contributed by atoms with Gasteiger partial charge in [0.15, 0.2) is 0 Å². The van der Waals surface area contributed by atoms with Crippen LogP contribution in [-0.2, 0) is 5.75 Å². The van der Waals surface area contributed by atoms with E-state index in [1.165, 1.54) is 21.8 Å². The van der Waals surface area contributed by atoms with Crippen molar-refractivity contribution in [1.82, 2.24) is 4.98 Å². The first-order chi connectivity index (χ1) is 8.58. The maximum Gasteiger partial charge on any atom is 0.347 e. The molecule has 0 saturated heterocycles. The summed E-state index contributed by atoms with van der Waals surface area (Å²) in [7, 11) is 0. The molecule has 1 aromatic heterocycles. The number of aromatic carboxylic acids is 1. The van der Waals surface area contributed by atoms with Crippen LogP contribution in [0.5, 0.6) is 0 Å². The summed E-state index contributed by atoms with van der Waals surface area (Å²) in [4.78, 5) is 16.8. The minimum atomic E-state index is -0.892. The highest BCUT2D eigenvalue weighted by Gasteiger charge is 2.14. The summed E-state index contributed by atoms with van der Waals surface area (Å²) in [6.07, 6.45) is 0. The summed E-state index contributed by atoms with van der Waals surface area (Å²) >= 11 is 2.95. The molecule has 0 unspecified atom stereocenters. The fourth-order valence-corrected chi connectivity index (χ4v) is 3.50. The molecule has 0 saturated carbocycles. The lowest BCUT2D eigenvalue weighted by atomic mass is 10.2. The fraction of sp³-hybridized carbons (Fsp3) is 0.231. The summed E-state index contributed by atoms with van der Waals surface area (Å²) in [5.74, 6) is -0.180. The van der Waals surface area contributed by atoms with E-state index in [9.17, 15) is 4.79 Å². The number of benzene rings is 1. The topological polar surface area (TPSA) is 50.2 Å². The molecule has 0 bridgehead atoms. The van der Waals surface area contributed by atoms with E-state index in [1.807, 2.05) is 12.1 Å². The smallest absolute Gasteiger partial charge is 0.347 e. The number of hydrogen-bond donors (Lipinski definition) is 1. The van der Waals surface area contributed by atoms with E-state index in [0.717, 1.165) is 5.01 Å². The SMILES string of the molecule is Cc1ccccc1SCc1nc(C)c(C(=O)O)s1. The van der Waals surface area contributed by atoms with Crippen molar-refractivity contribution in [2.45, 2.75) is 24.5 Å². The van der Waals surface area contributed by atoms with Gasteiger partial charge >= 0.3 is 5.97 Å². The van der Waals surface area contributed by atoms with Crippen LogP contribution < -0.4 is 0 Å². The van der Waals surface area contributed by atoms with Gasteiger partial charge in [0.25, 0.3) is 0 Å². The first kappa shape index (κ1) is 13.1. The van der Waals surface area contributed by atoms with Gasteiger partial charge in [-0.15, -0.1) is 23.1 Å². The van der Waals surface area contributed by atoms with Crippen LogP contribution in [0.2, 0.25) is 0 Å². The van der Waals surface area contributed by atoms with Crippen molar-refractivity contribution < 1.29 is 9.90 Å². The number of aryl methyl sites for hydroxylation is 2. The van der Waals surface area contributed by atoms with E-state index < -0.39 is 5.97 Å². The Morgan fingerprint density at radius 3 is 2.72 bits per heavy atom. The average molecular weight is 279 g/mol. The molecule has 0 atom stereocenters. The number of carboxylic acids is 1. The normalized spacial score (nSPS) is 10.6. The van der Waals surface area contributed by atoms with Crippen LogP contribution in [0, 0.1) is 13.8 Å². The van der Waals surface area contributed by atoms with Gasteiger partial charge in [-0.2, -0.15) is 0 Å². The maximum absolute atomic E-state index is 10.9. The molecule has 2 rings (SSSR count). The molecule has 94 valence electrons. The van der Waals surface area contributed by atoms with Crippen LogP contribution in [-0.4, -0.2) is 16.1 Å². The van der Waals surface area contributed by atoms with E-state index >= 15 is 0 Å². The summed E-state index contributed by atoms with van der Waals surface area (Å²) in [5.41, 5.74) is 1.84. The highest BCUT2D eigenvalue weighted by atomic mass is 32.2. The molecule has 0 fully saturated rings. The second-order valence-electron chi connectivity index (χ2n) is 3.88. The number of aromatic nitrogens is 1. The molecule has 0 aliphatic carbocycles. The van der Waals surface area contributed by atoms with E-state index in [1.54, 1.807) is 18.7 Å². The molecule has 1 N–H and O–H groups in total. The molecule has 0 aliphatic heterocycles. The molecule has 5 heteroatoms. The first-order valence-electron chi connectivity index (χ1n) is 5.46. The largest absolute Gasteiger partial charge is 0.477 e. The van der Waals surface area contributed by atoms with Gasteiger partial charge in [-0.3, -0.25) is 0 Å². The molecule has 1 heterocycles. The van der Waals surface area contributed by atoms with Crippen LogP contribution >= 0.6 is 23.1 Å². The summed E-state index contributed by atoms with van der Waals surface area (Å²) < 4.78 is 0. The second-order valence-corrected chi connectivity index (χ2v) is 5.98. The minimum absolute atomic E-state index is 0.343. The number of rotatable bonds is 4. The van der Waals surface area contributed by atoms with Crippen molar-refractivity contribution in [2.24, 2.45) is 0 Å². The summed E-state index contributed by atoms with van der Waals surface area (Å²) in [6.45, 7) is 3.81. The van der Waals surface area contributed by atoms with Gasteiger partial charge in [-0.05, 0) is 25.5 Å². The van der Waals surface area contributed by atoms with Crippen molar-refractivity contribution in [3.8, 4) is 0 Å². The number of carbonyl (C=O) groups is 1. The van der Waals surface area contributed by atoms with Crippen molar-refractivity contribution in [3.05, 3.63) is 45.4 Å². The molecule has 18 heavy (non-hydrogen) atoms. The van der Waals surface area contributed by atoms with E-state index in [0.29, 0.717) is 16.3 Å². The lowest BCUT2D eigenvalue weighted by Crippen LogP contribution is -1.94. The molecular formula is C13H13NO2S2. The molecule has 0 radical (unpaired) electrons. The Morgan fingerprint density at radius 2 is 2.11 bits per heavy atom. The second kappa shape index (κ2) is 5.54. The molecule has 0 spiro atoms. The summed E-state index contributed by atoms with van der Waals surface area (Å²) in [5, 5.41) is 9.83. The first-order valence-corrected chi connectivity index (χ1v) is 7.26. The third kappa shape index (κ3) is 2.91. The fourth-order valence-electron chi connectivity index (χ4n) is 1.57. The Balaban J connectivity index is 2.09. The Morgan fingerprint density at radius 1 is 1.39 bits per heavy atom. The van der Waals surface area contributed by atoms with E-state index in [-0.39, 0.29) is 0 Å². The lowest BCUT2D eigenvalue weighted by Gasteiger charge is -2.02. The van der Waals surface area contributed by atoms with Gasteiger partial charge in [0.2, 0.25) is 0 Å². The van der Waals surface area contributed by atoms with Crippen LogP contribution in [0.3, 0.4) is 0 Å². The average Bonchev–Trinajstić information content (AvgIpc) is 2.70. The van der Waals surface area contributed by atoms with Crippen molar-refractivity contribution in [2.75, 3.05) is 0 Å². The zero-order chi connectivity index (χ0) is 13.1. The van der Waals surface area contributed by atoms with Crippen LogP contribution in [0.25, 0.3) is 0 Å². The van der Waals surface area contributed by atoms with Crippen molar-refractivity contribution >= 4 is 29.1 Å². The quantitative estimate of drug-likeness (QED) is 0.866. The number of nitrogens with zero attached hydrogens (tertiary/aromatic N) is 1. The molecule has 1 aromatic carbocycles. The monoisotopic (exact) mass is 279 g/mol. The highest BCUT2D eigenvalue weighted by Crippen LogP contribution is 2.28. The van der Waals surface area contributed by atoms with Crippen molar-refractivity contribution in [1.29, 1.82) is 0 Å². The number of thiazole rings is 1. The van der Waals surface area contributed by atoms with Gasteiger partial charge in [0.1, 0.15) is 9.88 Å². The van der Waals surface area contributed by atoms with Gasteiger partial charge in [0, 0.05) is 4.90 Å². The molecule has 2 aromatic rings. The van der Waals surface area contributed by atoms with E-state index in [2.05, 4.69) is 24.0 Å². The van der Waals surface area contributed by atoms with Gasteiger partial charge in [0.05, 0.1) is 11.4 Å². The zero-order valence-corrected chi connectivity index (χ0v) is 11.8. The molecular weight excluding hydrogens is 266 g/mol. The predicted molar refractivity (Wildman–Crippen MR) is 74.6 cm³/mol. The molecule has 3 nitrogen and oxygen atoms in total. The number of hydrogen-bond acceptors (Lipinski definition) is 4. The summed E-state index contributed by atoms with van der Waals surface area (Å²) in [6, 6.07) is 8.15. The van der Waals surface area contributed by atoms with E-state index in [4.69, 9.17) is 5.11 Å². The molecule has 0 aliphatic rings. The lowest BCUT2D eigenvalue weighted by molar-refractivity contribution is 0.0701. The third-order valence-electron chi connectivity index (χ3n) is 2.48. The highest BCUT2D eigenvalue weighted by molar-refractivity contribution is 7.98. The maximum atomic E-state index is 10.9. The Hall–Kier alpha value is -1.33. The van der Waals surface area contributed by atoms with Crippen LogP contribution in [0.4, 0.5) is 0 Å². The Bertz CT molecular complexity index is 578. The standard InChI is InChI=1S/C13H13NO2S2/c1-8-5-3-4-6-10(8)17-7-11-14-9(2)12(18-11)13(15)16/h3-6H,7H2,1-2H3,(H,15,16). The predicted octanol–water partition coefficient (Wildman–Crippen LogP) is 3.75.